The quantitative estimate of drug-likeness (QED) is 0.714. The van der Waals surface area contributed by atoms with E-state index >= 15 is 0 Å². The predicted molar refractivity (Wildman–Crippen MR) is 78.7 cm³/mol. The van der Waals surface area contributed by atoms with Crippen LogP contribution in [0.4, 0.5) is 5.69 Å². The van der Waals surface area contributed by atoms with E-state index in [0.717, 1.165) is 17.7 Å². The number of anilines is 1. The van der Waals surface area contributed by atoms with E-state index in [0.29, 0.717) is 6.42 Å². The Morgan fingerprint density at radius 3 is 2.50 bits per heavy atom. The van der Waals surface area contributed by atoms with Gasteiger partial charge in [-0.3, -0.25) is 14.9 Å². The lowest BCUT2D eigenvalue weighted by molar-refractivity contribution is -0.140. The molecule has 0 bridgehead atoms. The molecule has 0 fully saturated rings. The van der Waals surface area contributed by atoms with Gasteiger partial charge in [-0.2, -0.15) is 0 Å². The fourth-order valence-corrected chi connectivity index (χ4v) is 1.90. The Morgan fingerprint density at radius 1 is 1.30 bits per heavy atom. The SMILES string of the molecule is CCCC(NC(C)C(=O)Nc1ccccc1C)C(=O)O. The van der Waals surface area contributed by atoms with E-state index in [2.05, 4.69) is 10.6 Å². The number of aliphatic carboxylic acids is 1. The number of carboxylic acid groups (broad SMARTS) is 1. The number of benzene rings is 1. The van der Waals surface area contributed by atoms with Gasteiger partial charge in [0.05, 0.1) is 6.04 Å². The number of carboxylic acids is 1. The second-order valence-electron chi connectivity index (χ2n) is 4.87. The van der Waals surface area contributed by atoms with Crippen molar-refractivity contribution in [1.82, 2.24) is 5.32 Å². The van der Waals surface area contributed by atoms with Crippen LogP contribution in [0.15, 0.2) is 24.3 Å². The highest BCUT2D eigenvalue weighted by Crippen LogP contribution is 2.13. The van der Waals surface area contributed by atoms with Crippen molar-refractivity contribution in [3.8, 4) is 0 Å². The first kappa shape index (κ1) is 16.2. The highest BCUT2D eigenvalue weighted by Gasteiger charge is 2.22. The van der Waals surface area contributed by atoms with Crippen molar-refractivity contribution in [2.45, 2.75) is 45.7 Å². The third kappa shape index (κ3) is 4.66. The number of hydrogen-bond acceptors (Lipinski definition) is 3. The van der Waals surface area contributed by atoms with E-state index < -0.39 is 18.1 Å². The van der Waals surface area contributed by atoms with Gasteiger partial charge in [0.15, 0.2) is 0 Å². The fourth-order valence-electron chi connectivity index (χ4n) is 1.90. The van der Waals surface area contributed by atoms with Crippen LogP contribution in [-0.4, -0.2) is 29.1 Å². The zero-order valence-corrected chi connectivity index (χ0v) is 12.1. The summed E-state index contributed by atoms with van der Waals surface area (Å²) in [4.78, 5) is 23.1. The molecule has 1 rings (SSSR count). The number of hydrogen-bond donors (Lipinski definition) is 3. The standard InChI is InChI=1S/C15H22N2O3/c1-4-7-13(15(19)20)16-11(3)14(18)17-12-9-6-5-8-10(12)2/h5-6,8-9,11,13,16H,4,7H2,1-3H3,(H,17,18)(H,19,20). The molecule has 0 spiro atoms. The number of aryl methyl sites for hydroxylation is 1. The number of nitrogens with one attached hydrogen (secondary N) is 2. The number of carbonyl (C=O) groups excluding carboxylic acids is 1. The number of para-hydroxylation sites is 1. The zero-order valence-electron chi connectivity index (χ0n) is 12.1. The number of rotatable bonds is 7. The molecule has 2 unspecified atom stereocenters. The van der Waals surface area contributed by atoms with E-state index in [4.69, 9.17) is 5.11 Å². The molecule has 1 aromatic carbocycles. The van der Waals surface area contributed by atoms with Crippen molar-refractivity contribution < 1.29 is 14.7 Å². The first-order valence-corrected chi connectivity index (χ1v) is 6.81. The lowest BCUT2D eigenvalue weighted by Crippen LogP contribution is -2.47. The molecular formula is C15H22N2O3. The van der Waals surface area contributed by atoms with Gasteiger partial charge in [0, 0.05) is 5.69 Å². The van der Waals surface area contributed by atoms with Crippen LogP contribution in [0, 0.1) is 6.92 Å². The Bertz CT molecular complexity index is 474. The van der Waals surface area contributed by atoms with E-state index in [1.165, 1.54) is 0 Å². The number of amides is 1. The molecule has 0 aliphatic carbocycles. The molecule has 2 atom stereocenters. The van der Waals surface area contributed by atoms with Gasteiger partial charge in [-0.25, -0.2) is 0 Å². The summed E-state index contributed by atoms with van der Waals surface area (Å²) in [5.41, 5.74) is 1.71. The third-order valence-electron chi connectivity index (χ3n) is 3.12. The molecule has 0 saturated heterocycles. The smallest absolute Gasteiger partial charge is 0.320 e. The lowest BCUT2D eigenvalue weighted by Gasteiger charge is -2.19. The third-order valence-corrected chi connectivity index (χ3v) is 3.12. The first-order valence-electron chi connectivity index (χ1n) is 6.81. The molecular weight excluding hydrogens is 256 g/mol. The summed E-state index contributed by atoms with van der Waals surface area (Å²) in [6.07, 6.45) is 1.24. The van der Waals surface area contributed by atoms with Crippen LogP contribution in [0.5, 0.6) is 0 Å². The van der Waals surface area contributed by atoms with Gasteiger partial charge in [-0.05, 0) is 31.9 Å². The first-order chi connectivity index (χ1) is 9.45. The molecule has 0 saturated carbocycles. The van der Waals surface area contributed by atoms with Gasteiger partial charge in [-0.15, -0.1) is 0 Å². The van der Waals surface area contributed by atoms with Gasteiger partial charge in [0.1, 0.15) is 6.04 Å². The average molecular weight is 278 g/mol. The van der Waals surface area contributed by atoms with Crippen LogP contribution in [0.3, 0.4) is 0 Å². The molecule has 3 N–H and O–H groups in total. The van der Waals surface area contributed by atoms with Crippen LogP contribution < -0.4 is 10.6 Å². The summed E-state index contributed by atoms with van der Waals surface area (Å²) in [7, 11) is 0. The van der Waals surface area contributed by atoms with Crippen LogP contribution >= 0.6 is 0 Å². The highest BCUT2D eigenvalue weighted by atomic mass is 16.4. The van der Waals surface area contributed by atoms with Crippen LogP contribution in [0.1, 0.15) is 32.3 Å². The summed E-state index contributed by atoms with van der Waals surface area (Å²) in [6, 6.07) is 6.21. The Labute approximate surface area is 119 Å². The summed E-state index contributed by atoms with van der Waals surface area (Å²) in [5.74, 6) is -1.16. The molecule has 1 amide bonds. The maximum absolute atomic E-state index is 12.1. The maximum Gasteiger partial charge on any atom is 0.320 e. The Kier molecular flexibility index (Phi) is 6.18. The molecule has 110 valence electrons. The maximum atomic E-state index is 12.1. The minimum atomic E-state index is -0.928. The van der Waals surface area contributed by atoms with Gasteiger partial charge >= 0.3 is 5.97 Å². The summed E-state index contributed by atoms with van der Waals surface area (Å²) >= 11 is 0. The van der Waals surface area contributed by atoms with E-state index in [1.807, 2.05) is 38.1 Å². The fraction of sp³-hybridized carbons (Fsp3) is 0.467. The molecule has 0 aliphatic rings. The average Bonchev–Trinajstić information content (AvgIpc) is 2.40. The minimum Gasteiger partial charge on any atom is -0.480 e. The predicted octanol–water partition coefficient (Wildman–Crippen LogP) is 2.16. The molecule has 0 heterocycles. The molecule has 5 heteroatoms. The molecule has 20 heavy (non-hydrogen) atoms. The lowest BCUT2D eigenvalue weighted by atomic mass is 10.1. The van der Waals surface area contributed by atoms with Gasteiger partial charge in [-0.1, -0.05) is 31.5 Å². The Balaban J connectivity index is 2.63. The van der Waals surface area contributed by atoms with Crippen LogP contribution in [0.2, 0.25) is 0 Å². The van der Waals surface area contributed by atoms with Crippen molar-refractivity contribution in [3.05, 3.63) is 29.8 Å². The van der Waals surface area contributed by atoms with Crippen molar-refractivity contribution in [2.75, 3.05) is 5.32 Å². The van der Waals surface area contributed by atoms with Crippen LogP contribution in [-0.2, 0) is 9.59 Å². The summed E-state index contributed by atoms with van der Waals surface area (Å²) in [6.45, 7) is 5.49. The molecule has 1 aromatic rings. The van der Waals surface area contributed by atoms with Crippen molar-refractivity contribution in [3.63, 3.8) is 0 Å². The van der Waals surface area contributed by atoms with E-state index in [1.54, 1.807) is 6.92 Å². The molecule has 0 aromatic heterocycles. The van der Waals surface area contributed by atoms with Crippen molar-refractivity contribution >= 4 is 17.6 Å². The Hall–Kier alpha value is -1.88. The van der Waals surface area contributed by atoms with Crippen LogP contribution in [0.25, 0.3) is 0 Å². The van der Waals surface area contributed by atoms with Gasteiger partial charge < -0.3 is 10.4 Å². The second kappa shape index (κ2) is 7.65. The summed E-state index contributed by atoms with van der Waals surface area (Å²) < 4.78 is 0. The van der Waals surface area contributed by atoms with Crippen molar-refractivity contribution in [2.24, 2.45) is 0 Å². The summed E-state index contributed by atoms with van der Waals surface area (Å²) in [5, 5.41) is 14.7. The second-order valence-corrected chi connectivity index (χ2v) is 4.87. The van der Waals surface area contributed by atoms with E-state index in [9.17, 15) is 9.59 Å². The van der Waals surface area contributed by atoms with Crippen molar-refractivity contribution in [1.29, 1.82) is 0 Å². The number of carbonyl (C=O) groups is 2. The molecule has 0 radical (unpaired) electrons. The van der Waals surface area contributed by atoms with Gasteiger partial charge in [0.2, 0.25) is 5.91 Å². The van der Waals surface area contributed by atoms with E-state index in [-0.39, 0.29) is 5.91 Å². The topological polar surface area (TPSA) is 78.4 Å². The Morgan fingerprint density at radius 2 is 1.95 bits per heavy atom. The van der Waals surface area contributed by atoms with Gasteiger partial charge in [0.25, 0.3) is 0 Å². The highest BCUT2D eigenvalue weighted by molar-refractivity contribution is 5.95. The monoisotopic (exact) mass is 278 g/mol. The largest absolute Gasteiger partial charge is 0.480 e. The zero-order chi connectivity index (χ0) is 15.1. The molecule has 0 aliphatic heterocycles. The molecule has 5 nitrogen and oxygen atoms in total. The normalized spacial score (nSPS) is 13.6. The minimum absolute atomic E-state index is 0.235.